The predicted octanol–water partition coefficient (Wildman–Crippen LogP) is 2.89. The maximum atomic E-state index is 13.9. The summed E-state index contributed by atoms with van der Waals surface area (Å²) in [7, 11) is 1.15. The van der Waals surface area contributed by atoms with Crippen LogP contribution in [0.5, 0.6) is 0 Å². The van der Waals surface area contributed by atoms with Crippen LogP contribution in [-0.2, 0) is 33.3 Å². The van der Waals surface area contributed by atoms with E-state index in [2.05, 4.69) is 10.3 Å². The van der Waals surface area contributed by atoms with Crippen LogP contribution in [0.25, 0.3) is 11.3 Å². The summed E-state index contributed by atoms with van der Waals surface area (Å²) in [6, 6.07) is 9.59. The van der Waals surface area contributed by atoms with E-state index in [0.29, 0.717) is 5.56 Å². The van der Waals surface area contributed by atoms with Crippen molar-refractivity contribution in [3.8, 4) is 11.3 Å². The van der Waals surface area contributed by atoms with Crippen molar-refractivity contribution < 1.29 is 46.4 Å². The number of aromatic nitrogens is 3. The van der Waals surface area contributed by atoms with Crippen LogP contribution < -0.4 is 0 Å². The topological polar surface area (TPSA) is 111 Å². The molecular weight excluding hydrogens is 511 g/mol. The molecule has 2 aromatic carbocycles. The van der Waals surface area contributed by atoms with Crippen LogP contribution in [0.15, 0.2) is 48.7 Å². The molecule has 0 radical (unpaired) electrons. The molecule has 0 aliphatic carbocycles. The quantitative estimate of drug-likeness (QED) is 0.361. The molecule has 2 fully saturated rings. The highest BCUT2D eigenvalue weighted by atomic mass is 19.2. The van der Waals surface area contributed by atoms with Crippen molar-refractivity contribution >= 4 is 11.9 Å². The molecule has 200 valence electrons. The zero-order chi connectivity index (χ0) is 27.0. The number of nitrogens with zero attached hydrogens (tertiary/aromatic N) is 3. The lowest BCUT2D eigenvalue weighted by Gasteiger charge is -2.48. The van der Waals surface area contributed by atoms with Gasteiger partial charge in [0.15, 0.2) is 35.9 Å². The fraction of sp³-hybridized carbons (Fsp3) is 0.360. The number of halogens is 3. The number of esters is 2. The van der Waals surface area contributed by atoms with Crippen molar-refractivity contribution in [1.29, 1.82) is 0 Å². The lowest BCUT2D eigenvalue weighted by molar-refractivity contribution is -0.315. The Kier molecular flexibility index (Phi) is 7.15. The summed E-state index contributed by atoms with van der Waals surface area (Å²) in [4.78, 5) is 24.7. The Hall–Kier alpha value is -3.81. The van der Waals surface area contributed by atoms with Gasteiger partial charge in [0.1, 0.15) is 23.9 Å². The highest BCUT2D eigenvalue weighted by Gasteiger charge is 2.55. The van der Waals surface area contributed by atoms with Gasteiger partial charge >= 0.3 is 11.9 Å². The second kappa shape index (κ2) is 10.5. The number of hydrogen-bond acceptors (Lipinski definition) is 9. The van der Waals surface area contributed by atoms with Crippen LogP contribution in [0.3, 0.4) is 0 Å². The summed E-state index contributed by atoms with van der Waals surface area (Å²) < 4.78 is 70.8. The first-order chi connectivity index (χ1) is 18.3. The van der Waals surface area contributed by atoms with E-state index < -0.39 is 66.1 Å². The van der Waals surface area contributed by atoms with E-state index in [1.165, 1.54) is 10.9 Å². The Labute approximate surface area is 214 Å². The van der Waals surface area contributed by atoms with Crippen LogP contribution in [-0.4, -0.2) is 65.1 Å². The molecule has 38 heavy (non-hydrogen) atoms. The molecule has 0 N–H and O–H groups in total. The van der Waals surface area contributed by atoms with E-state index >= 15 is 0 Å². The van der Waals surface area contributed by atoms with Crippen LogP contribution in [0.4, 0.5) is 13.2 Å². The molecule has 5 rings (SSSR count). The van der Waals surface area contributed by atoms with Crippen molar-refractivity contribution in [3.05, 3.63) is 71.7 Å². The Bertz CT molecular complexity index is 1320. The molecule has 1 aromatic heterocycles. The first-order valence-electron chi connectivity index (χ1n) is 11.6. The van der Waals surface area contributed by atoms with Crippen molar-refractivity contribution in [1.82, 2.24) is 15.0 Å². The first-order valence-corrected chi connectivity index (χ1v) is 11.6. The van der Waals surface area contributed by atoms with Gasteiger partial charge in [-0.3, -0.25) is 4.79 Å². The van der Waals surface area contributed by atoms with Crippen LogP contribution in [0.1, 0.15) is 24.8 Å². The molecule has 0 bridgehead atoms. The van der Waals surface area contributed by atoms with Gasteiger partial charge in [-0.1, -0.05) is 35.5 Å². The van der Waals surface area contributed by atoms with Crippen LogP contribution >= 0.6 is 0 Å². The predicted molar refractivity (Wildman–Crippen MR) is 121 cm³/mol. The average molecular weight is 533 g/mol. The van der Waals surface area contributed by atoms with E-state index in [4.69, 9.17) is 23.7 Å². The Morgan fingerprint density at radius 3 is 2.45 bits per heavy atom. The molecule has 0 unspecified atom stereocenters. The third kappa shape index (κ3) is 4.87. The van der Waals surface area contributed by atoms with Gasteiger partial charge in [-0.15, -0.1) is 5.10 Å². The summed E-state index contributed by atoms with van der Waals surface area (Å²) in [5, 5.41) is 8.04. The molecule has 10 nitrogen and oxygen atoms in total. The monoisotopic (exact) mass is 533 g/mol. The van der Waals surface area contributed by atoms with Gasteiger partial charge in [-0.2, -0.15) is 0 Å². The third-order valence-corrected chi connectivity index (χ3v) is 6.25. The fourth-order valence-corrected chi connectivity index (χ4v) is 4.57. The second-order valence-electron chi connectivity index (χ2n) is 8.70. The van der Waals surface area contributed by atoms with E-state index in [1.54, 1.807) is 12.1 Å². The summed E-state index contributed by atoms with van der Waals surface area (Å²) >= 11 is 0. The van der Waals surface area contributed by atoms with E-state index in [1.807, 2.05) is 18.2 Å². The molecule has 0 spiro atoms. The van der Waals surface area contributed by atoms with E-state index in [0.717, 1.165) is 26.2 Å². The van der Waals surface area contributed by atoms with Gasteiger partial charge in [0.25, 0.3) is 0 Å². The molecule has 6 atom stereocenters. The van der Waals surface area contributed by atoms with Crippen molar-refractivity contribution in [3.63, 3.8) is 0 Å². The van der Waals surface area contributed by atoms with Gasteiger partial charge in [0.05, 0.1) is 19.9 Å². The second-order valence-corrected chi connectivity index (χ2v) is 8.70. The normalized spacial score (nSPS) is 26.9. The minimum atomic E-state index is -1.62. The van der Waals surface area contributed by atoms with Gasteiger partial charge in [0.2, 0.25) is 0 Å². The summed E-state index contributed by atoms with van der Waals surface area (Å²) in [5.74, 6) is -5.95. The van der Waals surface area contributed by atoms with Gasteiger partial charge in [-0.05, 0) is 12.1 Å². The molecule has 0 amide bonds. The largest absolute Gasteiger partial charge is 0.467 e. The number of fused-ring (bicyclic) bond motifs is 1. The number of ether oxygens (including phenoxy) is 5. The molecule has 3 heterocycles. The number of benzene rings is 2. The summed E-state index contributed by atoms with van der Waals surface area (Å²) in [6.45, 7) is 1.17. The minimum absolute atomic E-state index is 0.00583. The standard InChI is InChI=1S/C25H22F3N3O7/c1-12(32)36-22-20(31-10-17(29-30-31)14-8-15(26)19(28)16(27)9-14)21-18(37-23(22)24(33)34-2)11-35-25(38-21)13-6-4-3-5-7-13/h3-10,18,20-23,25H,11H2,1-2H3/t18-,20-,21+,22-,23-,25-/m1/s1. The Morgan fingerprint density at radius 2 is 1.79 bits per heavy atom. The number of hydrogen-bond donors (Lipinski definition) is 0. The fourth-order valence-electron chi connectivity index (χ4n) is 4.57. The van der Waals surface area contributed by atoms with Crippen molar-refractivity contribution in [2.75, 3.05) is 13.7 Å². The molecule has 0 saturated carbocycles. The molecule has 2 aliphatic heterocycles. The smallest absolute Gasteiger partial charge is 0.339 e. The first kappa shape index (κ1) is 25.8. The lowest BCUT2D eigenvalue weighted by Crippen LogP contribution is -2.62. The van der Waals surface area contributed by atoms with Gasteiger partial charge in [0, 0.05) is 18.1 Å². The number of carbonyl (C=O) groups is 2. The Morgan fingerprint density at radius 1 is 1.08 bits per heavy atom. The molecule has 13 heteroatoms. The average Bonchev–Trinajstić information content (AvgIpc) is 3.40. The number of carbonyl (C=O) groups excluding carboxylic acids is 2. The van der Waals surface area contributed by atoms with E-state index in [9.17, 15) is 22.8 Å². The number of methoxy groups -OCH3 is 1. The molecule has 3 aromatic rings. The lowest BCUT2D eigenvalue weighted by atomic mass is 9.91. The molecule has 2 saturated heterocycles. The zero-order valence-electron chi connectivity index (χ0n) is 20.1. The minimum Gasteiger partial charge on any atom is -0.467 e. The van der Waals surface area contributed by atoms with Gasteiger partial charge < -0.3 is 23.7 Å². The SMILES string of the molecule is COC(=O)[C@@H]1O[C@@H]2CO[C@@H](c3ccccc3)O[C@@H]2[C@@H](n2cc(-c3cc(F)c(F)c(F)c3)nn2)[C@H]1OC(C)=O. The maximum absolute atomic E-state index is 13.9. The third-order valence-electron chi connectivity index (χ3n) is 6.25. The van der Waals surface area contributed by atoms with Crippen molar-refractivity contribution in [2.24, 2.45) is 0 Å². The summed E-state index contributed by atoms with van der Waals surface area (Å²) in [6.07, 6.45) is -3.85. The van der Waals surface area contributed by atoms with Crippen LogP contribution in [0.2, 0.25) is 0 Å². The number of rotatable bonds is 5. The van der Waals surface area contributed by atoms with Crippen molar-refractivity contribution in [2.45, 2.75) is 43.7 Å². The Balaban J connectivity index is 1.56. The highest BCUT2D eigenvalue weighted by molar-refractivity contribution is 5.76. The summed E-state index contributed by atoms with van der Waals surface area (Å²) in [5.41, 5.74) is 0.619. The maximum Gasteiger partial charge on any atom is 0.339 e. The molecule has 2 aliphatic rings. The van der Waals surface area contributed by atoms with Crippen LogP contribution in [0, 0.1) is 17.5 Å². The molecular formula is C25H22F3N3O7. The zero-order valence-corrected chi connectivity index (χ0v) is 20.1. The van der Waals surface area contributed by atoms with Gasteiger partial charge in [-0.25, -0.2) is 22.6 Å². The van der Waals surface area contributed by atoms with E-state index in [-0.39, 0.29) is 17.9 Å². The highest BCUT2D eigenvalue weighted by Crippen LogP contribution is 2.41.